The Bertz CT molecular complexity index is 4020. The number of piperidine rings is 3. The van der Waals surface area contributed by atoms with E-state index in [-0.39, 0.29) is 30.4 Å². The minimum Gasteiger partial charge on any atom is -0.394 e. The number of piperazine rings is 2. The number of likely N-dealkylation sites (N-methyl/N-ethyl adjacent to an activating group) is 1. The largest absolute Gasteiger partial charge is 0.394 e. The van der Waals surface area contributed by atoms with E-state index in [1.54, 1.807) is 22.3 Å². The standard InChI is InChI=1S/C17H24ClN5O2S.C16H19ClN4O.C15H17BrN4O.C14H17ClN4O2/c1-26(24,25)23-8-6-21(7-9-23)14-2-4-22(5-3-14)17-11-13(18)10-16-15(17)12-19-20-16;1-11(22)20-4-2-16(3-5-20)9-21(10-16)15-7-12(17)6-14-13(15)8-18-19-14;1-19-11-3-2-9(15(19)21)7-20(8-11)14-5-10(16)4-13-12(14)6-17-18-13;1-9(21)19-3-2-18(7-11(19)8-20)14-5-10(15)4-13-12(14)6-16-17-13/h10-12,14H,2-9H2,1H3,(H,19,20);6-8H,2-5,9-10H2,1H3,(H,18,19);4-6,9,11H,2-3,7-8H2,1H3,(H,17,18);4-6,11,20H,2-3,7-8H2,1H3,(H,16,17)/t;;9-,11+;/m..1./s1. The van der Waals surface area contributed by atoms with Crippen LogP contribution in [0.5, 0.6) is 0 Å². The molecule has 0 saturated carbocycles. The Morgan fingerprint density at radius 2 is 1.09 bits per heavy atom. The summed E-state index contributed by atoms with van der Waals surface area (Å²) in [6.45, 7) is 15.4. The number of H-pyrrole nitrogens is 4. The predicted molar refractivity (Wildman–Crippen MR) is 358 cm³/mol. The maximum Gasteiger partial charge on any atom is 0.227 e. The Balaban J connectivity index is 0.000000117. The van der Waals surface area contributed by atoms with Crippen LogP contribution in [0, 0.1) is 11.3 Å². The molecule has 8 aromatic rings. The van der Waals surface area contributed by atoms with Crippen molar-refractivity contribution in [2.45, 2.75) is 70.5 Å². The number of amides is 3. The molecule has 16 rings (SSSR count). The highest BCUT2D eigenvalue weighted by molar-refractivity contribution is 9.10. The van der Waals surface area contributed by atoms with Gasteiger partial charge in [0.1, 0.15) is 0 Å². The number of aromatic nitrogens is 8. The van der Waals surface area contributed by atoms with Crippen LogP contribution in [-0.4, -0.2) is 232 Å². The highest BCUT2D eigenvalue weighted by Gasteiger charge is 2.46. The van der Waals surface area contributed by atoms with Gasteiger partial charge in [-0.15, -0.1) is 0 Å². The molecule has 28 heteroatoms. The zero-order valence-corrected chi connectivity index (χ0v) is 55.7. The van der Waals surface area contributed by atoms with Crippen LogP contribution in [0.15, 0.2) is 77.8 Å². The summed E-state index contributed by atoms with van der Waals surface area (Å²) in [4.78, 5) is 52.7. The Morgan fingerprint density at radius 1 is 0.589 bits per heavy atom. The molecule has 23 nitrogen and oxygen atoms in total. The lowest BCUT2D eigenvalue weighted by Crippen LogP contribution is -2.60. The minimum absolute atomic E-state index is 0.00625. The number of hydrogen-bond donors (Lipinski definition) is 5. The summed E-state index contributed by atoms with van der Waals surface area (Å²) in [5.74, 6) is 0.607. The second kappa shape index (κ2) is 26.6. The van der Waals surface area contributed by atoms with Crippen LogP contribution in [0.25, 0.3) is 43.6 Å². The van der Waals surface area contributed by atoms with Crippen molar-refractivity contribution in [2.75, 3.05) is 138 Å². The third-order valence-electron chi connectivity index (χ3n) is 19.5. The van der Waals surface area contributed by atoms with Gasteiger partial charge in [-0.1, -0.05) is 50.7 Å². The SMILES string of the molecule is CC(=O)N1CCC2(CC1)CN(c1cc(Cl)cc3[nH]ncc13)C2.CC(=O)N1CCN(c2cc(Cl)cc3[nH]ncc23)CC1CO.CN1C(=O)[C@@H]2CC[C@H]1CN(c1cc(Br)cc3[nH]ncc13)C2.CS(=O)(=O)N1CCN(C2CCN(c3cc(Cl)cc4[nH]ncc34)CC2)CC1. The molecule has 8 fully saturated rings. The van der Waals surface area contributed by atoms with Crippen molar-refractivity contribution in [1.82, 2.24) is 64.7 Å². The molecule has 8 aliphatic rings. The van der Waals surface area contributed by atoms with E-state index in [2.05, 4.69) is 87.3 Å². The number of aliphatic hydroxyl groups excluding tert-OH is 1. The first-order valence-corrected chi connectivity index (χ1v) is 34.6. The van der Waals surface area contributed by atoms with Gasteiger partial charge < -0.3 is 39.4 Å². The van der Waals surface area contributed by atoms with E-state index in [0.717, 1.165) is 185 Å². The molecular formula is C62H77BrCl3N17O6S. The number of rotatable bonds is 7. The summed E-state index contributed by atoms with van der Waals surface area (Å²) in [6, 6.07) is 16.4. The fourth-order valence-corrected chi connectivity index (χ4v) is 16.4. The topological polar surface area (TPSA) is 249 Å². The molecule has 3 atom stereocenters. The fraction of sp³-hybridized carbons (Fsp3) is 0.500. The number of sulfonamides is 1. The first kappa shape index (κ1) is 63.7. The molecule has 480 valence electrons. The number of likely N-dealkylation sites (tertiary alicyclic amines) is 1. The highest BCUT2D eigenvalue weighted by atomic mass is 79.9. The molecule has 5 N–H and O–H groups in total. The van der Waals surface area contributed by atoms with Crippen LogP contribution < -0.4 is 19.6 Å². The average Bonchev–Trinajstić information content (AvgIpc) is 1.17. The highest BCUT2D eigenvalue weighted by Crippen LogP contribution is 2.45. The lowest BCUT2D eigenvalue weighted by molar-refractivity contribution is -0.138. The van der Waals surface area contributed by atoms with Crippen LogP contribution in [0.2, 0.25) is 15.1 Å². The number of aromatic amines is 4. The van der Waals surface area contributed by atoms with Gasteiger partial charge in [0, 0.05) is 200 Å². The second-order valence-corrected chi connectivity index (χ2v) is 29.3. The molecule has 3 amide bonds. The molecule has 0 aliphatic carbocycles. The van der Waals surface area contributed by atoms with Gasteiger partial charge in [-0.05, 0) is 87.1 Å². The summed E-state index contributed by atoms with van der Waals surface area (Å²) in [5, 5.41) is 44.4. The number of nitrogens with one attached hydrogen (secondary N) is 4. The lowest BCUT2D eigenvalue weighted by Gasteiger charge is -2.55. The summed E-state index contributed by atoms with van der Waals surface area (Å²) < 4.78 is 25.9. The molecule has 1 unspecified atom stereocenters. The van der Waals surface area contributed by atoms with E-state index in [0.29, 0.717) is 61.2 Å². The maximum atomic E-state index is 12.3. The van der Waals surface area contributed by atoms with Gasteiger partial charge >= 0.3 is 0 Å². The van der Waals surface area contributed by atoms with Crippen LogP contribution in [-0.2, 0) is 24.4 Å². The van der Waals surface area contributed by atoms with Crippen molar-refractivity contribution in [3.8, 4) is 0 Å². The average molecular weight is 1370 g/mol. The molecular weight excluding hydrogens is 1300 g/mol. The summed E-state index contributed by atoms with van der Waals surface area (Å²) >= 11 is 22.2. The molecule has 1 spiro atoms. The number of anilines is 4. The van der Waals surface area contributed by atoms with E-state index in [1.165, 1.54) is 13.2 Å². The molecule has 4 aromatic heterocycles. The molecule has 2 bridgehead atoms. The zero-order valence-electron chi connectivity index (χ0n) is 51.0. The van der Waals surface area contributed by atoms with Gasteiger partial charge in [0.25, 0.3) is 0 Å². The fourth-order valence-electron chi connectivity index (χ4n) is 14.5. The molecule has 12 heterocycles. The second-order valence-electron chi connectivity index (χ2n) is 25.1. The number of halogens is 4. The number of hydrogen-bond acceptors (Lipinski definition) is 15. The van der Waals surface area contributed by atoms with Gasteiger partial charge in [0.2, 0.25) is 27.7 Å². The van der Waals surface area contributed by atoms with E-state index < -0.39 is 10.0 Å². The smallest absolute Gasteiger partial charge is 0.227 e. The number of benzene rings is 4. The minimum atomic E-state index is -3.07. The monoisotopic (exact) mass is 1370 g/mol. The Kier molecular flexibility index (Phi) is 18.9. The van der Waals surface area contributed by atoms with Crippen molar-refractivity contribution >= 4 is 145 Å². The predicted octanol–water partition coefficient (Wildman–Crippen LogP) is 8.06. The summed E-state index contributed by atoms with van der Waals surface area (Å²) in [6.07, 6.45) is 15.1. The first-order chi connectivity index (χ1) is 43.2. The third-order valence-corrected chi connectivity index (χ3v) is 21.9. The Morgan fingerprint density at radius 3 is 1.59 bits per heavy atom. The van der Waals surface area contributed by atoms with Crippen LogP contribution in [0.3, 0.4) is 0 Å². The summed E-state index contributed by atoms with van der Waals surface area (Å²) in [7, 11) is -1.13. The van der Waals surface area contributed by atoms with E-state index in [4.69, 9.17) is 34.8 Å². The number of nitrogens with zero attached hydrogens (tertiary/aromatic N) is 13. The quantitative estimate of drug-likeness (QED) is 0.101. The van der Waals surface area contributed by atoms with E-state index >= 15 is 0 Å². The molecule has 90 heavy (non-hydrogen) atoms. The number of carbonyl (C=O) groups excluding carboxylic acids is 3. The van der Waals surface area contributed by atoms with Crippen LogP contribution >= 0.6 is 50.7 Å². The van der Waals surface area contributed by atoms with Crippen LogP contribution in [0.4, 0.5) is 22.7 Å². The van der Waals surface area contributed by atoms with Crippen molar-refractivity contribution in [2.24, 2.45) is 11.3 Å². The van der Waals surface area contributed by atoms with Gasteiger partial charge in [-0.25, -0.2) is 8.42 Å². The van der Waals surface area contributed by atoms with Crippen LogP contribution in [0.1, 0.15) is 52.4 Å². The first-order valence-electron chi connectivity index (χ1n) is 30.8. The zero-order chi connectivity index (χ0) is 63.2. The number of aliphatic hydroxyl groups is 1. The Labute approximate surface area is 546 Å². The number of fused-ring (bicyclic) bond motifs is 8. The summed E-state index contributed by atoms with van der Waals surface area (Å²) in [5.41, 5.74) is 8.66. The maximum absolute atomic E-state index is 12.3. The number of carbonyl (C=O) groups is 3. The molecule has 8 aliphatic heterocycles. The van der Waals surface area contributed by atoms with E-state index in [9.17, 15) is 27.9 Å². The van der Waals surface area contributed by atoms with Gasteiger partial charge in [0.05, 0.1) is 71.7 Å². The molecule has 0 radical (unpaired) electrons. The molecule has 4 aromatic carbocycles. The normalized spacial score (nSPS) is 21.7. The van der Waals surface area contributed by atoms with Gasteiger partial charge in [-0.3, -0.25) is 39.7 Å². The third kappa shape index (κ3) is 13.6. The van der Waals surface area contributed by atoms with Crippen molar-refractivity contribution in [1.29, 1.82) is 0 Å². The lowest BCUT2D eigenvalue weighted by atomic mass is 9.71. The molecule has 8 saturated heterocycles. The van der Waals surface area contributed by atoms with Crippen molar-refractivity contribution in [3.63, 3.8) is 0 Å². The van der Waals surface area contributed by atoms with Gasteiger partial charge in [-0.2, -0.15) is 24.7 Å². The Hall–Kier alpha value is -6.45. The van der Waals surface area contributed by atoms with Gasteiger partial charge in [0.15, 0.2) is 0 Å². The van der Waals surface area contributed by atoms with Crippen molar-refractivity contribution < 1.29 is 27.9 Å². The van der Waals surface area contributed by atoms with Crippen molar-refractivity contribution in [3.05, 3.63) is 92.9 Å². The van der Waals surface area contributed by atoms with E-state index in [1.807, 2.05) is 77.9 Å².